The number of carbonyl (C=O) groups is 1. The normalized spacial score (nSPS) is 13.9. The van der Waals surface area contributed by atoms with Crippen molar-refractivity contribution in [2.75, 3.05) is 35.1 Å². The number of anilines is 3. The monoisotopic (exact) mass is 545 g/mol. The second-order valence-electron chi connectivity index (χ2n) is 8.42. The molecule has 1 heterocycles. The quantitative estimate of drug-likeness (QED) is 0.419. The Hall–Kier alpha value is -3.77. The van der Waals surface area contributed by atoms with Crippen LogP contribution in [0.4, 0.5) is 17.1 Å². The average molecular weight is 546 g/mol. The van der Waals surface area contributed by atoms with E-state index >= 15 is 0 Å². The van der Waals surface area contributed by atoms with Crippen molar-refractivity contribution in [1.29, 1.82) is 0 Å². The molecular weight excluding hydrogens is 518 g/mol. The van der Waals surface area contributed by atoms with Crippen molar-refractivity contribution < 1.29 is 31.1 Å². The number of nitrogens with zero attached hydrogens (tertiary/aromatic N) is 1. The maximum atomic E-state index is 13.1. The van der Waals surface area contributed by atoms with Crippen LogP contribution in [0.25, 0.3) is 0 Å². The van der Waals surface area contributed by atoms with Gasteiger partial charge in [-0.15, -0.1) is 0 Å². The minimum absolute atomic E-state index is 0.0571. The molecule has 4 rings (SSSR count). The summed E-state index contributed by atoms with van der Waals surface area (Å²) in [5, 5.41) is 0. The van der Waals surface area contributed by atoms with Gasteiger partial charge in [0.15, 0.2) is 0 Å². The first-order valence-corrected chi connectivity index (χ1v) is 14.3. The van der Waals surface area contributed by atoms with E-state index in [9.17, 15) is 21.6 Å². The minimum atomic E-state index is -4.04. The van der Waals surface area contributed by atoms with Gasteiger partial charge in [-0.05, 0) is 73.5 Å². The van der Waals surface area contributed by atoms with E-state index in [1.807, 2.05) is 6.92 Å². The van der Waals surface area contributed by atoms with Crippen LogP contribution >= 0.6 is 0 Å². The molecule has 3 aromatic rings. The fourth-order valence-corrected chi connectivity index (χ4v) is 6.11. The van der Waals surface area contributed by atoms with E-state index in [0.717, 1.165) is 5.56 Å². The van der Waals surface area contributed by atoms with Crippen molar-refractivity contribution in [2.24, 2.45) is 0 Å². The van der Waals surface area contributed by atoms with Crippen molar-refractivity contribution in [2.45, 2.75) is 29.6 Å². The van der Waals surface area contributed by atoms with Crippen LogP contribution in [0, 0.1) is 6.92 Å². The summed E-state index contributed by atoms with van der Waals surface area (Å²) in [7, 11) is -5.11. The first kappa shape index (κ1) is 26.3. The molecule has 0 spiro atoms. The van der Waals surface area contributed by atoms with E-state index in [-0.39, 0.29) is 21.4 Å². The van der Waals surface area contributed by atoms with Crippen LogP contribution in [-0.2, 0) is 24.8 Å². The Morgan fingerprint density at radius 1 is 0.784 bits per heavy atom. The van der Waals surface area contributed by atoms with Gasteiger partial charge in [0.25, 0.3) is 20.0 Å². The molecule has 1 saturated heterocycles. The maximum Gasteiger partial charge on any atom is 0.262 e. The topological polar surface area (TPSA) is 131 Å². The minimum Gasteiger partial charge on any atom is -0.495 e. The summed E-state index contributed by atoms with van der Waals surface area (Å²) >= 11 is 0. The molecule has 10 nitrogen and oxygen atoms in total. The van der Waals surface area contributed by atoms with Crippen molar-refractivity contribution in [3.63, 3.8) is 0 Å². The molecule has 1 fully saturated rings. The summed E-state index contributed by atoms with van der Waals surface area (Å²) in [5.41, 5.74) is 1.69. The van der Waals surface area contributed by atoms with Gasteiger partial charge in [0.2, 0.25) is 5.91 Å². The number of amides is 1. The van der Waals surface area contributed by atoms with Crippen molar-refractivity contribution in [1.82, 2.24) is 0 Å². The Balaban J connectivity index is 1.55. The van der Waals surface area contributed by atoms with E-state index in [1.54, 1.807) is 18.2 Å². The van der Waals surface area contributed by atoms with Crippen LogP contribution in [-0.4, -0.2) is 43.5 Å². The first-order chi connectivity index (χ1) is 17.5. The van der Waals surface area contributed by atoms with Crippen molar-refractivity contribution in [3.05, 3.63) is 66.2 Å². The fourth-order valence-electron chi connectivity index (χ4n) is 3.97. The number of rotatable bonds is 9. The number of nitrogens with one attached hydrogen (secondary N) is 2. The Morgan fingerprint density at radius 3 is 2.03 bits per heavy atom. The third-order valence-electron chi connectivity index (χ3n) is 5.84. The summed E-state index contributed by atoms with van der Waals surface area (Å²) in [6.07, 6.45) is 1.07. The summed E-state index contributed by atoms with van der Waals surface area (Å²) < 4.78 is 67.4. The van der Waals surface area contributed by atoms with Crippen molar-refractivity contribution >= 4 is 43.0 Å². The third kappa shape index (κ3) is 5.65. The van der Waals surface area contributed by atoms with E-state index in [0.29, 0.717) is 42.3 Å². The summed E-state index contributed by atoms with van der Waals surface area (Å²) in [5.74, 6) is 0.657. The largest absolute Gasteiger partial charge is 0.495 e. The zero-order valence-corrected chi connectivity index (χ0v) is 22.1. The van der Waals surface area contributed by atoms with Gasteiger partial charge in [-0.2, -0.15) is 0 Å². The van der Waals surface area contributed by atoms with E-state index in [1.165, 1.54) is 61.6 Å². The van der Waals surface area contributed by atoms with E-state index in [4.69, 9.17) is 9.47 Å². The van der Waals surface area contributed by atoms with Gasteiger partial charge in [0.1, 0.15) is 11.5 Å². The predicted octanol–water partition coefficient (Wildman–Crippen LogP) is 3.74. The van der Waals surface area contributed by atoms with Gasteiger partial charge in [-0.25, -0.2) is 16.8 Å². The van der Waals surface area contributed by atoms with Gasteiger partial charge in [0.05, 0.1) is 35.4 Å². The number of ether oxygens (including phenoxy) is 2. The highest BCUT2D eigenvalue weighted by Gasteiger charge is 2.27. The number of carbonyl (C=O) groups excluding carboxylic acids is 1. The number of hydrogen-bond acceptors (Lipinski definition) is 7. The molecule has 0 radical (unpaired) electrons. The molecule has 12 heteroatoms. The molecule has 2 N–H and O–H groups in total. The lowest BCUT2D eigenvalue weighted by Gasteiger charge is -2.20. The molecule has 0 unspecified atom stereocenters. The Kier molecular flexibility index (Phi) is 7.32. The first-order valence-electron chi connectivity index (χ1n) is 11.3. The van der Waals surface area contributed by atoms with Crippen molar-refractivity contribution in [3.8, 4) is 11.5 Å². The zero-order chi connectivity index (χ0) is 26.8. The number of sulfonamides is 2. The molecule has 0 aromatic heterocycles. The van der Waals surface area contributed by atoms with Gasteiger partial charge in [0, 0.05) is 18.7 Å². The lowest BCUT2D eigenvalue weighted by Crippen LogP contribution is -2.25. The molecule has 196 valence electrons. The second-order valence-corrected chi connectivity index (χ2v) is 11.8. The highest BCUT2D eigenvalue weighted by molar-refractivity contribution is 7.93. The SMILES string of the molecule is COc1ccc(C)cc1NS(=O)(=O)c1ccc(NS(=O)(=O)c2ccc(OC)c(N3CCCC3=O)c2)cc1. The van der Waals surface area contributed by atoms with Crippen LogP contribution < -0.4 is 23.8 Å². The third-order valence-corrected chi connectivity index (χ3v) is 8.60. The predicted molar refractivity (Wildman–Crippen MR) is 140 cm³/mol. The molecule has 0 saturated carbocycles. The van der Waals surface area contributed by atoms with Gasteiger partial charge in [-0.1, -0.05) is 6.07 Å². The van der Waals surface area contributed by atoms with E-state index in [2.05, 4.69) is 9.44 Å². The number of aryl methyl sites for hydroxylation is 1. The molecule has 0 aliphatic carbocycles. The highest BCUT2D eigenvalue weighted by Crippen LogP contribution is 2.34. The number of methoxy groups -OCH3 is 2. The molecule has 1 aliphatic rings. The number of benzene rings is 3. The Labute approximate surface area is 216 Å². The molecule has 1 aliphatic heterocycles. The van der Waals surface area contributed by atoms with Gasteiger partial charge < -0.3 is 14.4 Å². The lowest BCUT2D eigenvalue weighted by molar-refractivity contribution is -0.117. The van der Waals surface area contributed by atoms with Gasteiger partial charge in [-0.3, -0.25) is 14.2 Å². The second kappa shape index (κ2) is 10.3. The van der Waals surface area contributed by atoms with Crippen LogP contribution in [0.2, 0.25) is 0 Å². The molecular formula is C25H27N3O7S2. The van der Waals surface area contributed by atoms with E-state index < -0.39 is 20.0 Å². The van der Waals surface area contributed by atoms with Crippen LogP contribution in [0.15, 0.2) is 70.5 Å². The fraction of sp³-hybridized carbons (Fsp3) is 0.240. The standard InChI is InChI=1S/C25H27N3O7S2/c1-17-6-12-23(34-2)21(15-17)27-36(30,31)19-9-7-18(8-10-19)26-37(32,33)20-11-13-24(35-3)22(16-20)28-14-4-5-25(28)29/h6-13,15-16,26-27H,4-5,14H2,1-3H3. The Bertz CT molecular complexity index is 1540. The maximum absolute atomic E-state index is 13.1. The Morgan fingerprint density at radius 2 is 1.41 bits per heavy atom. The molecule has 37 heavy (non-hydrogen) atoms. The molecule has 0 bridgehead atoms. The van der Waals surface area contributed by atoms with Gasteiger partial charge >= 0.3 is 0 Å². The van der Waals surface area contributed by atoms with Crippen LogP contribution in [0.5, 0.6) is 11.5 Å². The average Bonchev–Trinajstić information content (AvgIpc) is 3.29. The molecule has 1 amide bonds. The summed E-state index contributed by atoms with van der Waals surface area (Å²) in [6.45, 7) is 2.30. The lowest BCUT2D eigenvalue weighted by atomic mass is 10.2. The molecule has 3 aromatic carbocycles. The highest BCUT2D eigenvalue weighted by atomic mass is 32.2. The van der Waals surface area contributed by atoms with Crippen LogP contribution in [0.1, 0.15) is 18.4 Å². The van der Waals surface area contributed by atoms with Crippen LogP contribution in [0.3, 0.4) is 0 Å². The summed E-state index contributed by atoms with van der Waals surface area (Å²) in [4.78, 5) is 13.6. The smallest absolute Gasteiger partial charge is 0.262 e. The zero-order valence-electron chi connectivity index (χ0n) is 20.5. The molecule has 0 atom stereocenters. The number of hydrogen-bond donors (Lipinski definition) is 2. The summed E-state index contributed by atoms with van der Waals surface area (Å²) in [6, 6.07) is 14.7.